The average molecular weight is 307 g/mol. The van der Waals surface area contributed by atoms with Gasteiger partial charge in [-0.15, -0.1) is 21.8 Å². The molecule has 0 amide bonds. The van der Waals surface area contributed by atoms with Gasteiger partial charge < -0.3 is 0 Å². The van der Waals surface area contributed by atoms with Crippen molar-refractivity contribution in [2.24, 2.45) is 0 Å². The Labute approximate surface area is 117 Å². The lowest BCUT2D eigenvalue weighted by Gasteiger charge is -2.17. The van der Waals surface area contributed by atoms with Gasteiger partial charge in [-0.25, -0.2) is 23.1 Å². The maximum absolute atomic E-state index is 8.49. The van der Waals surface area contributed by atoms with Crippen LogP contribution in [0.4, 0.5) is 0 Å². The summed E-state index contributed by atoms with van der Waals surface area (Å²) in [4.78, 5) is 0. The summed E-state index contributed by atoms with van der Waals surface area (Å²) < 4.78 is 39.5. The Morgan fingerprint density at radius 3 is 2.32 bits per heavy atom. The first kappa shape index (κ1) is 16.1. The maximum Gasteiger partial charge on any atom is 0.336 e. The highest BCUT2D eigenvalue weighted by molar-refractivity contribution is 6.17. The second kappa shape index (κ2) is 7.59. The Morgan fingerprint density at radius 2 is 1.68 bits per heavy atom. The summed E-state index contributed by atoms with van der Waals surface area (Å²) >= 11 is 5.66. The maximum atomic E-state index is 8.49. The van der Waals surface area contributed by atoms with Gasteiger partial charge >= 0.3 is 12.0 Å². The molecule has 19 heavy (non-hydrogen) atoms. The van der Waals surface area contributed by atoms with E-state index in [1.54, 1.807) is 6.26 Å². The molecule has 0 saturated heterocycles. The zero-order valence-corrected chi connectivity index (χ0v) is 11.4. The number of hydrogen-bond acceptors (Lipinski definition) is 4. The second-order valence-electron chi connectivity index (χ2n) is 3.60. The summed E-state index contributed by atoms with van der Waals surface area (Å²) in [6.45, 7) is 0. The molecular formula is C12H12Cl2O5. The van der Waals surface area contributed by atoms with Gasteiger partial charge in [0.2, 0.25) is 0 Å². The van der Waals surface area contributed by atoms with Gasteiger partial charge in [0.1, 0.15) is 0 Å². The van der Waals surface area contributed by atoms with E-state index in [-0.39, 0.29) is 0 Å². The third kappa shape index (κ3) is 6.68. The van der Waals surface area contributed by atoms with Gasteiger partial charge in [-0.05, 0) is 17.9 Å². The van der Waals surface area contributed by atoms with Gasteiger partial charge in [0.25, 0.3) is 0 Å². The van der Waals surface area contributed by atoms with Crippen molar-refractivity contribution < 1.29 is 33.3 Å². The molecule has 0 bridgehead atoms. The van der Waals surface area contributed by atoms with Crippen molar-refractivity contribution in [2.45, 2.75) is 12.8 Å². The Hall–Kier alpha value is -0.950. The minimum atomic E-state index is -4.94. The molecule has 0 unspecified atom stereocenters. The van der Waals surface area contributed by atoms with Crippen LogP contribution in [0, 0.1) is 10.2 Å². The molecule has 1 aromatic heterocycles. The van der Waals surface area contributed by atoms with Crippen molar-refractivity contribution in [3.8, 4) is 0 Å². The summed E-state index contributed by atoms with van der Waals surface area (Å²) in [6, 6.07) is 10.2. The van der Waals surface area contributed by atoms with Gasteiger partial charge in [-0.2, -0.15) is 0 Å². The SMILES string of the molecule is ClCCCc1[o+]ccc2ccccc12.[O-][Cl+3]([O-])([O-])[O-]. The highest BCUT2D eigenvalue weighted by atomic mass is 35.7. The van der Waals surface area contributed by atoms with E-state index in [4.69, 9.17) is 34.7 Å². The lowest BCUT2D eigenvalue weighted by atomic mass is 10.1. The summed E-state index contributed by atoms with van der Waals surface area (Å²) in [5.74, 6) is 1.71. The molecule has 104 valence electrons. The molecule has 0 spiro atoms. The van der Waals surface area contributed by atoms with Gasteiger partial charge in [-0.3, -0.25) is 0 Å². The molecule has 5 nitrogen and oxygen atoms in total. The minimum absolute atomic E-state index is 0.679. The molecule has 2 rings (SSSR count). The lowest BCUT2D eigenvalue weighted by molar-refractivity contribution is -2.00. The minimum Gasteiger partial charge on any atom is -0.222 e. The molecule has 0 aliphatic heterocycles. The third-order valence-corrected chi connectivity index (χ3v) is 2.52. The number of aryl methyl sites for hydroxylation is 1. The molecule has 0 aliphatic rings. The van der Waals surface area contributed by atoms with E-state index < -0.39 is 10.2 Å². The Morgan fingerprint density at radius 1 is 1.05 bits per heavy atom. The fourth-order valence-electron chi connectivity index (χ4n) is 1.57. The van der Waals surface area contributed by atoms with Crippen LogP contribution >= 0.6 is 11.6 Å². The first-order valence-corrected chi connectivity index (χ1v) is 7.15. The molecule has 2 aromatic rings. The van der Waals surface area contributed by atoms with Crippen LogP contribution in [0.3, 0.4) is 0 Å². The van der Waals surface area contributed by atoms with E-state index in [1.807, 2.05) is 18.2 Å². The highest BCUT2D eigenvalue weighted by Gasteiger charge is 2.11. The Kier molecular flexibility index (Phi) is 6.44. The first-order valence-electron chi connectivity index (χ1n) is 5.38. The summed E-state index contributed by atoms with van der Waals surface area (Å²) in [6.07, 6.45) is 3.61. The molecule has 0 saturated carbocycles. The van der Waals surface area contributed by atoms with Crippen LogP contribution in [0.2, 0.25) is 0 Å². The monoisotopic (exact) mass is 306 g/mol. The molecule has 7 heteroatoms. The van der Waals surface area contributed by atoms with Crippen molar-refractivity contribution in [3.05, 3.63) is 42.4 Å². The van der Waals surface area contributed by atoms with Gasteiger partial charge in [0.05, 0.1) is 11.8 Å². The van der Waals surface area contributed by atoms with Crippen molar-refractivity contribution in [1.29, 1.82) is 0 Å². The standard InChI is InChI=1S/C12H12ClO.ClHO4/c13-8-3-6-12-11-5-2-1-4-10(11)7-9-14-12;2-1(3,4)5/h1-2,4-5,7,9H,3,6,8H2;(H,2,3,4,5)/q+1;/p-1. The Bertz CT molecular complexity index is 501. The lowest BCUT2D eigenvalue weighted by Crippen LogP contribution is -2.68. The third-order valence-electron chi connectivity index (χ3n) is 2.26. The fourth-order valence-corrected chi connectivity index (χ4v) is 1.70. The van der Waals surface area contributed by atoms with Crippen LogP contribution in [0.1, 0.15) is 12.2 Å². The molecule has 0 N–H and O–H groups in total. The van der Waals surface area contributed by atoms with Crippen molar-refractivity contribution in [1.82, 2.24) is 0 Å². The number of fused-ring (bicyclic) bond motifs is 1. The topological polar surface area (TPSA) is 104 Å². The molecule has 1 aromatic carbocycles. The van der Waals surface area contributed by atoms with Gasteiger partial charge in [-0.1, -0.05) is 18.2 Å². The summed E-state index contributed by atoms with van der Waals surface area (Å²) in [7, 11) is -4.94. The van der Waals surface area contributed by atoms with Crippen LogP contribution < -0.4 is 18.6 Å². The van der Waals surface area contributed by atoms with E-state index in [2.05, 4.69) is 12.1 Å². The van der Waals surface area contributed by atoms with Crippen molar-refractivity contribution >= 4 is 22.4 Å². The van der Waals surface area contributed by atoms with E-state index >= 15 is 0 Å². The van der Waals surface area contributed by atoms with Gasteiger partial charge in [0.15, 0.2) is 0 Å². The van der Waals surface area contributed by atoms with Crippen LogP contribution in [0.5, 0.6) is 0 Å². The predicted molar refractivity (Wildman–Crippen MR) is 59.7 cm³/mol. The highest BCUT2D eigenvalue weighted by Crippen LogP contribution is 2.19. The number of hydrogen-bond donors (Lipinski definition) is 0. The van der Waals surface area contributed by atoms with E-state index in [0.717, 1.165) is 18.6 Å². The largest absolute Gasteiger partial charge is 0.336 e. The zero-order chi connectivity index (χ0) is 14.3. The number of rotatable bonds is 3. The molecule has 0 aliphatic carbocycles. The number of halogens is 2. The molecular weight excluding hydrogens is 295 g/mol. The van der Waals surface area contributed by atoms with Crippen LogP contribution in [0.25, 0.3) is 10.8 Å². The Balaban J connectivity index is 0.000000312. The van der Waals surface area contributed by atoms with Crippen LogP contribution in [-0.2, 0) is 6.42 Å². The second-order valence-corrected chi connectivity index (χ2v) is 4.74. The van der Waals surface area contributed by atoms with Crippen LogP contribution in [-0.4, -0.2) is 5.88 Å². The van der Waals surface area contributed by atoms with Crippen molar-refractivity contribution in [2.75, 3.05) is 5.88 Å². The quantitative estimate of drug-likeness (QED) is 0.541. The summed E-state index contributed by atoms with van der Waals surface area (Å²) in [5, 5.41) is 2.42. The zero-order valence-electron chi connectivity index (χ0n) is 9.88. The smallest absolute Gasteiger partial charge is 0.222 e. The van der Waals surface area contributed by atoms with E-state index in [1.165, 1.54) is 10.8 Å². The van der Waals surface area contributed by atoms with Gasteiger partial charge in [0, 0.05) is 11.9 Å². The van der Waals surface area contributed by atoms with E-state index in [9.17, 15) is 0 Å². The predicted octanol–water partition coefficient (Wildman–Crippen LogP) is -0.871. The molecule has 1 heterocycles. The number of alkyl halides is 1. The number of benzene rings is 1. The normalized spacial score (nSPS) is 11.0. The van der Waals surface area contributed by atoms with E-state index in [0.29, 0.717) is 5.88 Å². The molecule has 0 fully saturated rings. The van der Waals surface area contributed by atoms with Crippen molar-refractivity contribution in [3.63, 3.8) is 0 Å². The molecule has 0 atom stereocenters. The average Bonchev–Trinajstić information content (AvgIpc) is 2.34. The van der Waals surface area contributed by atoms with Crippen LogP contribution in [0.15, 0.2) is 41.0 Å². The fraction of sp³-hybridized carbons (Fsp3) is 0.250. The summed E-state index contributed by atoms with van der Waals surface area (Å²) in [5.41, 5.74) is 0. The molecule has 0 radical (unpaired) electrons. The first-order chi connectivity index (χ1) is 8.92.